The quantitative estimate of drug-likeness (QED) is 0.664. The van der Waals surface area contributed by atoms with Crippen LogP contribution < -0.4 is 4.72 Å². The van der Waals surface area contributed by atoms with Gasteiger partial charge in [-0.15, -0.1) is 5.10 Å². The molecule has 0 unspecified atom stereocenters. The van der Waals surface area contributed by atoms with Gasteiger partial charge in [-0.3, -0.25) is 10.1 Å². The van der Waals surface area contributed by atoms with Gasteiger partial charge in [-0.25, -0.2) is 23.1 Å². The predicted molar refractivity (Wildman–Crippen MR) is 102 cm³/mol. The summed E-state index contributed by atoms with van der Waals surface area (Å²) in [4.78, 5) is 16.7. The van der Waals surface area contributed by atoms with Crippen molar-refractivity contribution in [3.63, 3.8) is 0 Å². The largest absolute Gasteiger partial charge is 0.264 e. The molecule has 0 saturated heterocycles. The molecule has 10 heteroatoms. The van der Waals surface area contributed by atoms with Gasteiger partial charge in [0.1, 0.15) is 5.82 Å². The minimum absolute atomic E-state index is 0.0182. The summed E-state index contributed by atoms with van der Waals surface area (Å²) < 4.78 is 27.8. The number of hydrogen-bond acceptors (Lipinski definition) is 7. The lowest BCUT2D eigenvalue weighted by molar-refractivity contribution is 0.567. The molecule has 0 amide bonds. The zero-order valence-corrected chi connectivity index (χ0v) is 16.3. The third kappa shape index (κ3) is 4.27. The Morgan fingerprint density at radius 2 is 1.74 bits per heavy atom. The molecule has 0 fully saturated rings. The van der Waals surface area contributed by atoms with Crippen LogP contribution in [-0.4, -0.2) is 43.8 Å². The fourth-order valence-electron chi connectivity index (χ4n) is 2.46. The highest BCUT2D eigenvalue weighted by atomic mass is 32.2. The van der Waals surface area contributed by atoms with Gasteiger partial charge in [-0.2, -0.15) is 4.98 Å². The van der Waals surface area contributed by atoms with Crippen molar-refractivity contribution in [3.8, 4) is 11.4 Å². The number of anilines is 1. The van der Waals surface area contributed by atoms with E-state index in [1.807, 2.05) is 19.9 Å². The number of nitrogens with zero attached hydrogens (tertiary/aromatic N) is 5. The molecule has 3 rings (SSSR count). The van der Waals surface area contributed by atoms with Gasteiger partial charge in [0, 0.05) is 36.3 Å². The molecule has 27 heavy (non-hydrogen) atoms. The van der Waals surface area contributed by atoms with Crippen molar-refractivity contribution in [3.05, 3.63) is 47.8 Å². The van der Waals surface area contributed by atoms with Crippen LogP contribution in [0.15, 0.2) is 30.9 Å². The van der Waals surface area contributed by atoms with Crippen LogP contribution in [-0.2, 0) is 10.0 Å². The maximum atomic E-state index is 12.7. The molecule has 0 spiro atoms. The van der Waals surface area contributed by atoms with Gasteiger partial charge < -0.3 is 0 Å². The average molecular weight is 387 g/mol. The smallest absolute Gasteiger partial charge is 0.256 e. The molecule has 9 nitrogen and oxygen atoms in total. The summed E-state index contributed by atoms with van der Waals surface area (Å²) in [6.45, 7) is 7.16. The molecule has 3 heterocycles. The van der Waals surface area contributed by atoms with Gasteiger partial charge in [0.25, 0.3) is 5.95 Å². The molecule has 3 aromatic rings. The van der Waals surface area contributed by atoms with Crippen LogP contribution in [0.4, 0.5) is 5.95 Å². The van der Waals surface area contributed by atoms with Crippen LogP contribution in [0.2, 0.25) is 0 Å². The van der Waals surface area contributed by atoms with E-state index in [1.165, 1.54) is 0 Å². The fourth-order valence-corrected chi connectivity index (χ4v) is 3.65. The van der Waals surface area contributed by atoms with E-state index in [4.69, 9.17) is 0 Å². The highest BCUT2D eigenvalue weighted by molar-refractivity contribution is 7.93. The molecule has 0 aromatic carbocycles. The van der Waals surface area contributed by atoms with Gasteiger partial charge in [0.15, 0.2) is 5.82 Å². The SMILES string of the molecule is Cc1cnc([C@@H](C)[C@H](C)S(=O)(=O)Nc2n[nH]c(-c3cncc(C)c3)n2)nc1. The van der Waals surface area contributed by atoms with Crippen molar-refractivity contribution in [2.24, 2.45) is 0 Å². The second-order valence-corrected chi connectivity index (χ2v) is 8.56. The standard InChI is InChI=1S/C17H21N7O2S/c1-10-5-14(9-18-6-10)16-21-17(23-22-16)24-27(25,26)13(4)12(3)15-19-7-11(2)8-20-15/h5-9,12-13H,1-4H3,(H2,21,22,23,24)/t12-,13-/m0/s1. The molecular formula is C17H21N7O2S. The number of aromatic nitrogens is 6. The highest BCUT2D eigenvalue weighted by Crippen LogP contribution is 2.23. The molecule has 0 aliphatic carbocycles. The summed E-state index contributed by atoms with van der Waals surface area (Å²) in [7, 11) is -3.74. The van der Waals surface area contributed by atoms with Crippen molar-refractivity contribution >= 4 is 16.0 Å². The summed E-state index contributed by atoms with van der Waals surface area (Å²) in [5, 5.41) is 5.90. The van der Waals surface area contributed by atoms with E-state index in [0.29, 0.717) is 11.6 Å². The van der Waals surface area contributed by atoms with Crippen LogP contribution in [0.5, 0.6) is 0 Å². The first-order valence-electron chi connectivity index (χ1n) is 8.41. The Bertz CT molecular complexity index is 1030. The van der Waals surface area contributed by atoms with Crippen molar-refractivity contribution < 1.29 is 8.42 Å². The van der Waals surface area contributed by atoms with Crippen LogP contribution in [0.25, 0.3) is 11.4 Å². The van der Waals surface area contributed by atoms with Crippen molar-refractivity contribution in [1.29, 1.82) is 0 Å². The van der Waals surface area contributed by atoms with Gasteiger partial charge >= 0.3 is 0 Å². The normalized spacial score (nSPS) is 13.9. The maximum absolute atomic E-state index is 12.7. The lowest BCUT2D eigenvalue weighted by atomic mass is 10.1. The average Bonchev–Trinajstić information content (AvgIpc) is 3.09. The van der Waals surface area contributed by atoms with Gasteiger partial charge in [-0.05, 0) is 38.0 Å². The van der Waals surface area contributed by atoms with Gasteiger partial charge in [0.2, 0.25) is 10.0 Å². The Labute approximate surface area is 157 Å². The Hall–Kier alpha value is -2.88. The molecule has 2 N–H and O–H groups in total. The highest BCUT2D eigenvalue weighted by Gasteiger charge is 2.30. The van der Waals surface area contributed by atoms with E-state index < -0.39 is 21.2 Å². The zero-order chi connectivity index (χ0) is 19.6. The third-order valence-corrected chi connectivity index (χ3v) is 6.12. The van der Waals surface area contributed by atoms with Gasteiger partial charge in [-0.1, -0.05) is 6.92 Å². The van der Waals surface area contributed by atoms with Gasteiger partial charge in [0.05, 0.1) is 5.25 Å². The van der Waals surface area contributed by atoms with E-state index in [0.717, 1.165) is 16.7 Å². The van der Waals surface area contributed by atoms with Crippen LogP contribution in [0.3, 0.4) is 0 Å². The number of sulfonamides is 1. The lowest BCUT2D eigenvalue weighted by Gasteiger charge is -2.18. The molecule has 2 atom stereocenters. The molecule has 3 aromatic heterocycles. The van der Waals surface area contributed by atoms with Crippen LogP contribution in [0.1, 0.15) is 36.7 Å². The summed E-state index contributed by atoms with van der Waals surface area (Å²) in [5.41, 5.74) is 2.60. The third-order valence-electron chi connectivity index (χ3n) is 4.27. The molecule has 0 aliphatic rings. The zero-order valence-electron chi connectivity index (χ0n) is 15.5. The molecular weight excluding hydrogens is 366 g/mol. The topological polar surface area (TPSA) is 126 Å². The van der Waals surface area contributed by atoms with Crippen molar-refractivity contribution in [2.75, 3.05) is 4.72 Å². The van der Waals surface area contributed by atoms with Crippen LogP contribution in [0, 0.1) is 13.8 Å². The molecule has 0 bridgehead atoms. The van der Waals surface area contributed by atoms with Crippen molar-refractivity contribution in [1.82, 2.24) is 30.1 Å². The summed E-state index contributed by atoms with van der Waals surface area (Å²) >= 11 is 0. The molecule has 0 saturated carbocycles. The molecule has 142 valence electrons. The Morgan fingerprint density at radius 1 is 1.04 bits per heavy atom. The molecule has 0 aliphatic heterocycles. The molecule has 0 radical (unpaired) electrons. The van der Waals surface area contributed by atoms with E-state index in [1.54, 1.807) is 38.6 Å². The fraction of sp³-hybridized carbons (Fsp3) is 0.353. The lowest BCUT2D eigenvalue weighted by Crippen LogP contribution is -2.31. The minimum Gasteiger partial charge on any atom is -0.264 e. The first kappa shape index (κ1) is 18.9. The Kier molecular flexibility index (Phi) is 5.17. The minimum atomic E-state index is -3.74. The summed E-state index contributed by atoms with van der Waals surface area (Å²) in [6, 6.07) is 1.88. The van der Waals surface area contributed by atoms with E-state index in [-0.39, 0.29) is 5.95 Å². The number of pyridine rings is 1. The maximum Gasteiger partial charge on any atom is 0.256 e. The van der Waals surface area contributed by atoms with E-state index in [2.05, 4.69) is 34.9 Å². The van der Waals surface area contributed by atoms with Crippen LogP contribution >= 0.6 is 0 Å². The first-order valence-corrected chi connectivity index (χ1v) is 9.95. The number of rotatable bonds is 6. The Morgan fingerprint density at radius 3 is 2.41 bits per heavy atom. The second-order valence-electron chi connectivity index (χ2n) is 6.52. The van der Waals surface area contributed by atoms with Crippen molar-refractivity contribution in [2.45, 2.75) is 38.9 Å². The predicted octanol–water partition coefficient (Wildman–Crippen LogP) is 2.21. The first-order chi connectivity index (χ1) is 12.8. The van der Waals surface area contributed by atoms with E-state index >= 15 is 0 Å². The second kappa shape index (κ2) is 7.39. The number of H-pyrrole nitrogens is 1. The number of hydrogen-bond donors (Lipinski definition) is 2. The number of aryl methyl sites for hydroxylation is 2. The monoisotopic (exact) mass is 387 g/mol. The van der Waals surface area contributed by atoms with E-state index in [9.17, 15) is 8.42 Å². The summed E-state index contributed by atoms with van der Waals surface area (Å²) in [5.74, 6) is 0.490. The Balaban J connectivity index is 1.77. The summed E-state index contributed by atoms with van der Waals surface area (Å²) in [6.07, 6.45) is 6.69. The number of nitrogens with one attached hydrogen (secondary N) is 2. The number of aromatic amines is 1.